The summed E-state index contributed by atoms with van der Waals surface area (Å²) in [4.78, 5) is 3.93. The van der Waals surface area contributed by atoms with Gasteiger partial charge >= 0.3 is 0 Å². The fourth-order valence-electron chi connectivity index (χ4n) is 2.20. The summed E-state index contributed by atoms with van der Waals surface area (Å²) in [7, 11) is 0. The van der Waals surface area contributed by atoms with E-state index in [-0.39, 0.29) is 6.10 Å². The SMILES string of the molecule is CC1COC(Cn2cncn2)(c2cc[c]cc2Cl)O1. The van der Waals surface area contributed by atoms with E-state index < -0.39 is 5.79 Å². The van der Waals surface area contributed by atoms with Crippen LogP contribution in [0, 0.1) is 6.07 Å². The second-order valence-corrected chi connectivity index (χ2v) is 4.90. The van der Waals surface area contributed by atoms with Crippen molar-refractivity contribution >= 4 is 11.6 Å². The van der Waals surface area contributed by atoms with Crippen molar-refractivity contribution in [1.29, 1.82) is 0 Å². The van der Waals surface area contributed by atoms with Crippen LogP contribution in [-0.4, -0.2) is 27.5 Å². The lowest BCUT2D eigenvalue weighted by atomic mass is 10.1. The molecule has 0 aliphatic carbocycles. The van der Waals surface area contributed by atoms with Crippen molar-refractivity contribution < 1.29 is 9.47 Å². The summed E-state index contributed by atoms with van der Waals surface area (Å²) >= 11 is 6.25. The molecule has 5 nitrogen and oxygen atoms in total. The molecule has 3 rings (SSSR count). The van der Waals surface area contributed by atoms with Gasteiger partial charge in [0.25, 0.3) is 0 Å². The summed E-state index contributed by atoms with van der Waals surface area (Å²) in [6.45, 7) is 2.89. The number of ether oxygens (including phenoxy) is 2. The van der Waals surface area contributed by atoms with Crippen LogP contribution in [0.5, 0.6) is 0 Å². The summed E-state index contributed by atoms with van der Waals surface area (Å²) in [6.07, 6.45) is 3.11. The minimum absolute atomic E-state index is 0.00349. The van der Waals surface area contributed by atoms with Crippen molar-refractivity contribution in [1.82, 2.24) is 14.8 Å². The van der Waals surface area contributed by atoms with Crippen LogP contribution in [-0.2, 0) is 21.8 Å². The Kier molecular flexibility index (Phi) is 3.26. The van der Waals surface area contributed by atoms with E-state index in [1.807, 2.05) is 13.0 Å². The van der Waals surface area contributed by atoms with Crippen LogP contribution < -0.4 is 0 Å². The van der Waals surface area contributed by atoms with Gasteiger partial charge < -0.3 is 9.47 Å². The molecule has 1 radical (unpaired) electrons. The molecule has 0 saturated carbocycles. The first-order valence-corrected chi connectivity index (χ1v) is 6.38. The average molecular weight is 279 g/mol. The number of rotatable bonds is 3. The van der Waals surface area contributed by atoms with E-state index in [2.05, 4.69) is 16.1 Å². The topological polar surface area (TPSA) is 49.2 Å². The number of nitrogens with zero attached hydrogens (tertiary/aromatic N) is 3. The van der Waals surface area contributed by atoms with Crippen LogP contribution in [0.1, 0.15) is 12.5 Å². The molecule has 1 aliphatic heterocycles. The number of halogens is 1. The largest absolute Gasteiger partial charge is 0.342 e. The number of hydrogen-bond donors (Lipinski definition) is 0. The molecule has 2 aromatic rings. The summed E-state index contributed by atoms with van der Waals surface area (Å²) in [5, 5.41) is 4.67. The molecule has 2 heterocycles. The molecule has 0 amide bonds. The molecule has 2 unspecified atom stereocenters. The van der Waals surface area contributed by atoms with Gasteiger partial charge in [-0.15, -0.1) is 0 Å². The highest BCUT2D eigenvalue weighted by Gasteiger charge is 2.43. The molecular formula is C13H13ClN3O2. The third kappa shape index (κ3) is 2.36. The van der Waals surface area contributed by atoms with Crippen LogP contribution in [0.3, 0.4) is 0 Å². The van der Waals surface area contributed by atoms with Gasteiger partial charge in [-0.25, -0.2) is 9.67 Å². The second-order valence-electron chi connectivity index (χ2n) is 4.49. The monoisotopic (exact) mass is 278 g/mol. The van der Waals surface area contributed by atoms with Crippen molar-refractivity contribution in [3.8, 4) is 0 Å². The maximum absolute atomic E-state index is 6.25. The normalized spacial score (nSPS) is 26.7. The zero-order valence-corrected chi connectivity index (χ0v) is 11.2. The molecule has 1 fully saturated rings. The van der Waals surface area contributed by atoms with Gasteiger partial charge in [-0.2, -0.15) is 5.10 Å². The third-order valence-electron chi connectivity index (χ3n) is 3.00. The lowest BCUT2D eigenvalue weighted by Crippen LogP contribution is -2.34. The van der Waals surface area contributed by atoms with Crippen molar-refractivity contribution in [2.24, 2.45) is 0 Å². The fourth-order valence-corrected chi connectivity index (χ4v) is 2.47. The zero-order valence-electron chi connectivity index (χ0n) is 10.4. The minimum atomic E-state index is -0.917. The molecule has 0 bridgehead atoms. The molecule has 2 atom stereocenters. The summed E-state index contributed by atoms with van der Waals surface area (Å²) in [5.74, 6) is -0.917. The van der Waals surface area contributed by atoms with E-state index in [1.54, 1.807) is 23.1 Å². The molecule has 1 aliphatic rings. The van der Waals surface area contributed by atoms with E-state index in [1.165, 1.54) is 6.33 Å². The molecular weight excluding hydrogens is 266 g/mol. The van der Waals surface area contributed by atoms with E-state index in [9.17, 15) is 0 Å². The Hall–Kier alpha value is -1.43. The first-order chi connectivity index (χ1) is 9.20. The van der Waals surface area contributed by atoms with Crippen LogP contribution in [0.15, 0.2) is 30.9 Å². The van der Waals surface area contributed by atoms with Gasteiger partial charge in [0, 0.05) is 10.6 Å². The van der Waals surface area contributed by atoms with Gasteiger partial charge in [-0.3, -0.25) is 0 Å². The average Bonchev–Trinajstić information content (AvgIpc) is 3.01. The fraction of sp³-hybridized carbons (Fsp3) is 0.385. The van der Waals surface area contributed by atoms with Crippen molar-refractivity contribution in [2.75, 3.05) is 6.61 Å². The number of benzene rings is 1. The molecule has 0 spiro atoms. The summed E-state index contributed by atoms with van der Waals surface area (Å²) < 4.78 is 13.5. The Morgan fingerprint density at radius 2 is 2.53 bits per heavy atom. The molecule has 1 aromatic heterocycles. The lowest BCUT2D eigenvalue weighted by Gasteiger charge is -2.28. The maximum atomic E-state index is 6.25. The number of hydrogen-bond acceptors (Lipinski definition) is 4. The predicted molar refractivity (Wildman–Crippen MR) is 68.5 cm³/mol. The Morgan fingerprint density at radius 1 is 1.63 bits per heavy atom. The maximum Gasteiger partial charge on any atom is 0.217 e. The Labute approximate surface area is 116 Å². The first-order valence-electron chi connectivity index (χ1n) is 6.00. The van der Waals surface area contributed by atoms with Crippen LogP contribution in [0.25, 0.3) is 0 Å². The van der Waals surface area contributed by atoms with Crippen LogP contribution >= 0.6 is 11.6 Å². The Morgan fingerprint density at radius 3 is 3.16 bits per heavy atom. The van der Waals surface area contributed by atoms with Gasteiger partial charge in [0.1, 0.15) is 19.2 Å². The predicted octanol–water partition coefficient (Wildman–Crippen LogP) is 2.02. The first kappa shape index (κ1) is 12.6. The standard InChI is InChI=1S/C13H13ClN3O2/c1-10-6-18-13(19-10,7-17-9-15-8-16-17)11-4-2-3-5-12(11)14/h2,4-5,8-10H,6-7H2,1H3. The summed E-state index contributed by atoms with van der Waals surface area (Å²) in [6, 6.07) is 8.29. The van der Waals surface area contributed by atoms with Gasteiger partial charge in [-0.1, -0.05) is 23.7 Å². The Bertz CT molecular complexity index is 561. The highest BCUT2D eigenvalue weighted by atomic mass is 35.5. The van der Waals surface area contributed by atoms with Crippen molar-refractivity contribution in [2.45, 2.75) is 25.4 Å². The quantitative estimate of drug-likeness (QED) is 0.862. The molecule has 0 N–H and O–H groups in total. The van der Waals surface area contributed by atoms with Gasteiger partial charge in [0.05, 0.1) is 12.7 Å². The van der Waals surface area contributed by atoms with E-state index in [0.717, 1.165) is 5.56 Å². The van der Waals surface area contributed by atoms with Gasteiger partial charge in [0.2, 0.25) is 5.79 Å². The molecule has 19 heavy (non-hydrogen) atoms. The van der Waals surface area contributed by atoms with Crippen molar-refractivity contribution in [3.63, 3.8) is 0 Å². The Balaban J connectivity index is 2.00. The van der Waals surface area contributed by atoms with Crippen molar-refractivity contribution in [3.05, 3.63) is 47.5 Å². The summed E-state index contributed by atoms with van der Waals surface area (Å²) in [5.41, 5.74) is 0.785. The molecule has 1 aromatic carbocycles. The van der Waals surface area contributed by atoms with E-state index >= 15 is 0 Å². The number of aromatic nitrogens is 3. The van der Waals surface area contributed by atoms with Crippen LogP contribution in [0.4, 0.5) is 0 Å². The smallest absolute Gasteiger partial charge is 0.217 e. The molecule has 6 heteroatoms. The second kappa shape index (κ2) is 4.92. The molecule has 99 valence electrons. The van der Waals surface area contributed by atoms with Gasteiger partial charge in [-0.05, 0) is 19.1 Å². The minimum Gasteiger partial charge on any atom is -0.342 e. The third-order valence-corrected chi connectivity index (χ3v) is 3.32. The highest BCUT2D eigenvalue weighted by Crippen LogP contribution is 2.39. The van der Waals surface area contributed by atoms with E-state index in [4.69, 9.17) is 21.1 Å². The zero-order chi connectivity index (χ0) is 13.3. The van der Waals surface area contributed by atoms with Crippen LogP contribution in [0.2, 0.25) is 5.02 Å². The highest BCUT2D eigenvalue weighted by molar-refractivity contribution is 6.31. The van der Waals surface area contributed by atoms with Gasteiger partial charge in [0.15, 0.2) is 0 Å². The molecule has 1 saturated heterocycles. The van der Waals surface area contributed by atoms with E-state index in [0.29, 0.717) is 18.2 Å². The lowest BCUT2D eigenvalue weighted by molar-refractivity contribution is -0.186.